The topological polar surface area (TPSA) is 58.6 Å². The van der Waals surface area contributed by atoms with Gasteiger partial charge in [0.15, 0.2) is 6.61 Å². The molecule has 0 unspecified atom stereocenters. The van der Waals surface area contributed by atoms with E-state index in [4.69, 9.17) is 4.74 Å². The van der Waals surface area contributed by atoms with E-state index >= 15 is 0 Å². The standard InChI is InChI=1S/C26H25FN2O3/c1-26(2,3)19-10-8-17(9-11-19)25(31)28-20-12-13-22-23(14-20)32-16-24(30)29(22)15-18-6-4-5-7-21(18)27/h4-14H,15-16H2,1-3H3,(H,28,31). The molecule has 1 aliphatic rings. The Hall–Kier alpha value is -3.67. The highest BCUT2D eigenvalue weighted by Crippen LogP contribution is 2.36. The molecule has 0 bridgehead atoms. The lowest BCUT2D eigenvalue weighted by molar-refractivity contribution is -0.121. The Morgan fingerprint density at radius 1 is 1.06 bits per heavy atom. The van der Waals surface area contributed by atoms with Gasteiger partial charge in [0, 0.05) is 22.9 Å². The molecule has 0 saturated heterocycles. The van der Waals surface area contributed by atoms with Crippen LogP contribution in [0.2, 0.25) is 0 Å². The highest BCUT2D eigenvalue weighted by molar-refractivity contribution is 6.05. The second kappa shape index (κ2) is 8.46. The highest BCUT2D eigenvalue weighted by Gasteiger charge is 2.27. The third-order valence-corrected chi connectivity index (χ3v) is 5.46. The molecule has 1 heterocycles. The largest absolute Gasteiger partial charge is 0.481 e. The molecule has 3 aromatic rings. The van der Waals surface area contributed by atoms with Gasteiger partial charge in [0.2, 0.25) is 0 Å². The molecule has 1 aliphatic heterocycles. The number of carbonyl (C=O) groups excluding carboxylic acids is 2. The van der Waals surface area contributed by atoms with E-state index in [-0.39, 0.29) is 36.2 Å². The van der Waals surface area contributed by atoms with E-state index in [1.165, 1.54) is 11.0 Å². The Morgan fingerprint density at radius 3 is 2.47 bits per heavy atom. The molecule has 0 atom stereocenters. The van der Waals surface area contributed by atoms with Crippen molar-refractivity contribution < 1.29 is 18.7 Å². The Kier molecular flexibility index (Phi) is 5.70. The Bertz CT molecular complexity index is 1170. The van der Waals surface area contributed by atoms with Crippen LogP contribution in [0.1, 0.15) is 42.3 Å². The summed E-state index contributed by atoms with van der Waals surface area (Å²) in [5.41, 5.74) is 3.22. The van der Waals surface area contributed by atoms with Crippen LogP contribution in [0.4, 0.5) is 15.8 Å². The molecule has 0 spiro atoms. The Labute approximate surface area is 186 Å². The molecule has 1 N–H and O–H groups in total. The van der Waals surface area contributed by atoms with Gasteiger partial charge in [-0.3, -0.25) is 9.59 Å². The van der Waals surface area contributed by atoms with E-state index in [0.717, 1.165) is 5.56 Å². The summed E-state index contributed by atoms with van der Waals surface area (Å²) in [5.74, 6) is -0.395. The number of fused-ring (bicyclic) bond motifs is 1. The fourth-order valence-corrected chi connectivity index (χ4v) is 3.58. The van der Waals surface area contributed by atoms with Gasteiger partial charge in [-0.25, -0.2) is 4.39 Å². The van der Waals surface area contributed by atoms with Crippen molar-refractivity contribution >= 4 is 23.2 Å². The zero-order valence-corrected chi connectivity index (χ0v) is 18.3. The van der Waals surface area contributed by atoms with Gasteiger partial charge in [-0.05, 0) is 41.3 Å². The van der Waals surface area contributed by atoms with Gasteiger partial charge in [0.25, 0.3) is 11.8 Å². The van der Waals surface area contributed by atoms with Crippen molar-refractivity contribution in [3.63, 3.8) is 0 Å². The zero-order chi connectivity index (χ0) is 22.9. The lowest BCUT2D eigenvalue weighted by Crippen LogP contribution is -2.38. The monoisotopic (exact) mass is 432 g/mol. The van der Waals surface area contributed by atoms with Crippen LogP contribution in [0, 0.1) is 5.82 Å². The molecule has 32 heavy (non-hydrogen) atoms. The van der Waals surface area contributed by atoms with Crippen molar-refractivity contribution in [3.8, 4) is 5.75 Å². The maximum absolute atomic E-state index is 14.1. The summed E-state index contributed by atoms with van der Waals surface area (Å²) in [6.45, 7) is 6.32. The first-order valence-corrected chi connectivity index (χ1v) is 10.4. The van der Waals surface area contributed by atoms with Crippen molar-refractivity contribution in [2.45, 2.75) is 32.7 Å². The van der Waals surface area contributed by atoms with Crippen molar-refractivity contribution in [3.05, 3.63) is 89.2 Å². The molecule has 6 heteroatoms. The number of hydrogen-bond acceptors (Lipinski definition) is 3. The number of amides is 2. The highest BCUT2D eigenvalue weighted by atomic mass is 19.1. The number of anilines is 2. The van der Waals surface area contributed by atoms with E-state index < -0.39 is 0 Å². The van der Waals surface area contributed by atoms with E-state index in [2.05, 4.69) is 26.1 Å². The maximum atomic E-state index is 14.1. The number of nitrogens with zero attached hydrogens (tertiary/aromatic N) is 1. The van der Waals surface area contributed by atoms with Crippen LogP contribution in [0.3, 0.4) is 0 Å². The molecule has 0 saturated carbocycles. The summed E-state index contributed by atoms with van der Waals surface area (Å²) in [7, 11) is 0. The summed E-state index contributed by atoms with van der Waals surface area (Å²) >= 11 is 0. The first-order valence-electron chi connectivity index (χ1n) is 10.4. The van der Waals surface area contributed by atoms with Crippen molar-refractivity contribution in [1.82, 2.24) is 0 Å². The fraction of sp³-hybridized carbons (Fsp3) is 0.231. The van der Waals surface area contributed by atoms with Crippen LogP contribution in [-0.2, 0) is 16.8 Å². The van der Waals surface area contributed by atoms with Crippen molar-refractivity contribution in [2.75, 3.05) is 16.8 Å². The summed E-state index contributed by atoms with van der Waals surface area (Å²) in [6.07, 6.45) is 0. The van der Waals surface area contributed by atoms with E-state index in [9.17, 15) is 14.0 Å². The average Bonchev–Trinajstić information content (AvgIpc) is 2.76. The summed E-state index contributed by atoms with van der Waals surface area (Å²) in [4.78, 5) is 26.6. The molecular weight excluding hydrogens is 407 g/mol. The van der Waals surface area contributed by atoms with Gasteiger partial charge in [-0.1, -0.05) is 51.1 Å². The predicted octanol–water partition coefficient (Wildman–Crippen LogP) is 5.30. The molecule has 0 aliphatic carbocycles. The van der Waals surface area contributed by atoms with Crippen LogP contribution in [-0.4, -0.2) is 18.4 Å². The third kappa shape index (κ3) is 4.49. The van der Waals surface area contributed by atoms with Crippen LogP contribution in [0.15, 0.2) is 66.7 Å². The molecule has 2 amide bonds. The molecule has 3 aromatic carbocycles. The smallest absolute Gasteiger partial charge is 0.265 e. The minimum atomic E-state index is -0.366. The minimum Gasteiger partial charge on any atom is -0.481 e. The van der Waals surface area contributed by atoms with E-state index in [0.29, 0.717) is 28.3 Å². The maximum Gasteiger partial charge on any atom is 0.265 e. The Balaban J connectivity index is 1.53. The number of benzene rings is 3. The molecule has 0 radical (unpaired) electrons. The second-order valence-corrected chi connectivity index (χ2v) is 8.82. The summed E-state index contributed by atoms with van der Waals surface area (Å²) in [6, 6.07) is 19.0. The van der Waals surface area contributed by atoms with Crippen LogP contribution in [0.5, 0.6) is 5.75 Å². The van der Waals surface area contributed by atoms with E-state index in [1.54, 1.807) is 48.5 Å². The molecule has 5 nitrogen and oxygen atoms in total. The van der Waals surface area contributed by atoms with Gasteiger partial charge in [-0.15, -0.1) is 0 Å². The van der Waals surface area contributed by atoms with Gasteiger partial charge >= 0.3 is 0 Å². The first-order chi connectivity index (χ1) is 15.2. The number of hydrogen-bond donors (Lipinski definition) is 1. The average molecular weight is 432 g/mol. The third-order valence-electron chi connectivity index (χ3n) is 5.46. The number of nitrogens with one attached hydrogen (secondary N) is 1. The lowest BCUT2D eigenvalue weighted by atomic mass is 9.87. The van der Waals surface area contributed by atoms with Crippen molar-refractivity contribution in [2.24, 2.45) is 0 Å². The summed E-state index contributed by atoms with van der Waals surface area (Å²) in [5, 5.41) is 2.87. The fourth-order valence-electron chi connectivity index (χ4n) is 3.58. The number of ether oxygens (including phenoxy) is 1. The van der Waals surface area contributed by atoms with Crippen LogP contribution < -0.4 is 15.0 Å². The lowest BCUT2D eigenvalue weighted by Gasteiger charge is -2.30. The predicted molar refractivity (Wildman–Crippen MR) is 123 cm³/mol. The first kappa shape index (κ1) is 21.6. The second-order valence-electron chi connectivity index (χ2n) is 8.82. The molecular formula is C26H25FN2O3. The van der Waals surface area contributed by atoms with Gasteiger partial charge in [-0.2, -0.15) is 0 Å². The van der Waals surface area contributed by atoms with Gasteiger partial charge < -0.3 is 15.0 Å². The van der Waals surface area contributed by atoms with Gasteiger partial charge in [0.05, 0.1) is 12.2 Å². The SMILES string of the molecule is CC(C)(C)c1ccc(C(=O)Nc2ccc3c(c2)OCC(=O)N3Cc2ccccc2F)cc1. The minimum absolute atomic E-state index is 0.0107. The number of carbonyl (C=O) groups is 2. The van der Waals surface area contributed by atoms with Crippen LogP contribution >= 0.6 is 0 Å². The quantitative estimate of drug-likeness (QED) is 0.609. The molecule has 4 rings (SSSR count). The molecule has 164 valence electrons. The molecule has 0 fully saturated rings. The number of halogens is 1. The normalized spacial score (nSPS) is 13.4. The molecule has 0 aromatic heterocycles. The van der Waals surface area contributed by atoms with Crippen LogP contribution in [0.25, 0.3) is 0 Å². The number of rotatable bonds is 4. The van der Waals surface area contributed by atoms with Crippen molar-refractivity contribution in [1.29, 1.82) is 0 Å². The van der Waals surface area contributed by atoms with E-state index in [1.807, 2.05) is 12.1 Å². The zero-order valence-electron chi connectivity index (χ0n) is 18.3. The van der Waals surface area contributed by atoms with Gasteiger partial charge in [0.1, 0.15) is 11.6 Å². The Morgan fingerprint density at radius 2 is 1.78 bits per heavy atom. The summed E-state index contributed by atoms with van der Waals surface area (Å²) < 4.78 is 19.7.